The second kappa shape index (κ2) is 1.92. The number of hydrogen-bond donors (Lipinski definition) is 0. The number of hydrogen-bond acceptors (Lipinski definition) is 1. The summed E-state index contributed by atoms with van der Waals surface area (Å²) >= 11 is 2.05. The van der Waals surface area contributed by atoms with Crippen LogP contribution in [0.15, 0.2) is 30.3 Å². The van der Waals surface area contributed by atoms with Crippen LogP contribution >= 0.6 is 11.8 Å². The van der Waals surface area contributed by atoms with E-state index >= 15 is 0 Å². The predicted molar refractivity (Wildman–Crippen MR) is 49.6 cm³/mol. The van der Waals surface area contributed by atoms with Crippen molar-refractivity contribution in [1.82, 2.24) is 0 Å². The van der Waals surface area contributed by atoms with E-state index in [1.807, 2.05) is 0 Å². The van der Waals surface area contributed by atoms with E-state index in [4.69, 9.17) is 0 Å². The molecular weight excluding hydrogens is 152 g/mol. The minimum atomic E-state index is 0.788. The average Bonchev–Trinajstić information content (AvgIpc) is 2.83. The van der Waals surface area contributed by atoms with Gasteiger partial charge < -0.3 is 0 Å². The van der Waals surface area contributed by atoms with Gasteiger partial charge in [-0.15, -0.1) is 11.8 Å². The summed E-state index contributed by atoms with van der Waals surface area (Å²) in [5.74, 6) is 0. The van der Waals surface area contributed by atoms with Gasteiger partial charge in [-0.1, -0.05) is 36.4 Å². The molecule has 2 atom stereocenters. The minimum Gasteiger partial charge on any atom is -0.143 e. The lowest BCUT2D eigenvalue weighted by molar-refractivity contribution is 1.09. The minimum absolute atomic E-state index is 0.788. The number of thioether (sulfide) groups is 1. The number of benzene rings is 1. The highest BCUT2D eigenvalue weighted by Gasteiger charge is 2.40. The van der Waals surface area contributed by atoms with Crippen LogP contribution < -0.4 is 0 Å². The van der Waals surface area contributed by atoms with Crippen LogP contribution in [0.4, 0.5) is 0 Å². The molecule has 2 aliphatic rings. The van der Waals surface area contributed by atoms with E-state index in [0.717, 1.165) is 10.5 Å². The molecule has 1 aliphatic heterocycles. The molecule has 0 aromatic heterocycles. The molecule has 1 heteroatoms. The van der Waals surface area contributed by atoms with Gasteiger partial charge in [-0.25, -0.2) is 0 Å². The molecule has 0 N–H and O–H groups in total. The molecule has 54 valence electrons. The van der Waals surface area contributed by atoms with E-state index in [0.29, 0.717) is 0 Å². The first-order valence-electron chi connectivity index (χ1n) is 3.88. The van der Waals surface area contributed by atoms with E-state index in [1.165, 1.54) is 11.1 Å². The zero-order valence-electron chi connectivity index (χ0n) is 6.03. The van der Waals surface area contributed by atoms with Crippen molar-refractivity contribution in [2.45, 2.75) is 10.5 Å². The fourth-order valence-corrected chi connectivity index (χ4v) is 2.66. The van der Waals surface area contributed by atoms with Gasteiger partial charge in [-0.3, -0.25) is 0 Å². The standard InChI is InChI=1S/C10H8S/c1-2-4-8-7(3-1)5-6-9-10(8)11-9/h1-6,9-10H. The molecule has 1 aliphatic carbocycles. The average molecular weight is 160 g/mol. The van der Waals surface area contributed by atoms with E-state index in [2.05, 4.69) is 48.2 Å². The van der Waals surface area contributed by atoms with Crippen LogP contribution in [0.5, 0.6) is 0 Å². The molecule has 0 spiro atoms. The van der Waals surface area contributed by atoms with E-state index in [1.54, 1.807) is 0 Å². The van der Waals surface area contributed by atoms with Crippen molar-refractivity contribution < 1.29 is 0 Å². The van der Waals surface area contributed by atoms with Crippen molar-refractivity contribution in [1.29, 1.82) is 0 Å². The summed E-state index contributed by atoms with van der Waals surface area (Å²) in [4.78, 5) is 0. The van der Waals surface area contributed by atoms with Crippen molar-refractivity contribution in [3.05, 3.63) is 41.5 Å². The van der Waals surface area contributed by atoms with Gasteiger partial charge in [-0.2, -0.15) is 0 Å². The highest BCUT2D eigenvalue weighted by molar-refractivity contribution is 8.07. The van der Waals surface area contributed by atoms with Crippen molar-refractivity contribution >= 4 is 17.8 Å². The van der Waals surface area contributed by atoms with E-state index in [9.17, 15) is 0 Å². The first-order chi connectivity index (χ1) is 5.45. The van der Waals surface area contributed by atoms with Crippen LogP contribution in [0, 0.1) is 0 Å². The molecule has 3 rings (SSSR count). The lowest BCUT2D eigenvalue weighted by Gasteiger charge is -2.06. The van der Waals surface area contributed by atoms with Gasteiger partial charge in [0.05, 0.1) is 0 Å². The van der Waals surface area contributed by atoms with Gasteiger partial charge >= 0.3 is 0 Å². The zero-order chi connectivity index (χ0) is 7.26. The molecule has 0 bridgehead atoms. The third-order valence-electron chi connectivity index (χ3n) is 2.29. The maximum absolute atomic E-state index is 2.32. The maximum Gasteiger partial charge on any atom is 0.0463 e. The molecule has 1 fully saturated rings. The summed E-state index contributed by atoms with van der Waals surface area (Å²) in [6, 6.07) is 8.68. The van der Waals surface area contributed by atoms with Crippen LogP contribution in [0.1, 0.15) is 16.4 Å². The van der Waals surface area contributed by atoms with Crippen molar-refractivity contribution in [3.8, 4) is 0 Å². The summed E-state index contributed by atoms with van der Waals surface area (Å²) in [5, 5.41) is 1.58. The Morgan fingerprint density at radius 2 is 2.09 bits per heavy atom. The lowest BCUT2D eigenvalue weighted by atomic mass is 9.98. The topological polar surface area (TPSA) is 0 Å². The van der Waals surface area contributed by atoms with Crippen LogP contribution in [0.3, 0.4) is 0 Å². The molecule has 1 aromatic carbocycles. The molecule has 0 radical (unpaired) electrons. The Kier molecular flexibility index (Phi) is 1.03. The van der Waals surface area contributed by atoms with Crippen LogP contribution in [-0.2, 0) is 0 Å². The summed E-state index contributed by atoms with van der Waals surface area (Å²) in [5.41, 5.74) is 2.95. The van der Waals surface area contributed by atoms with Crippen molar-refractivity contribution in [2.24, 2.45) is 0 Å². The monoisotopic (exact) mass is 160 g/mol. The van der Waals surface area contributed by atoms with Crippen LogP contribution in [0.2, 0.25) is 0 Å². The van der Waals surface area contributed by atoms with E-state index < -0.39 is 0 Å². The summed E-state index contributed by atoms with van der Waals surface area (Å²) < 4.78 is 0. The summed E-state index contributed by atoms with van der Waals surface area (Å²) in [6.07, 6.45) is 4.56. The smallest absolute Gasteiger partial charge is 0.0463 e. The zero-order valence-corrected chi connectivity index (χ0v) is 6.84. The second-order valence-electron chi connectivity index (χ2n) is 3.01. The molecule has 1 saturated heterocycles. The van der Waals surface area contributed by atoms with Crippen LogP contribution in [-0.4, -0.2) is 5.25 Å². The Labute approximate surface area is 70.3 Å². The fourth-order valence-electron chi connectivity index (χ4n) is 1.64. The SMILES string of the molecule is C1=CC2SC2c2ccccc21. The summed E-state index contributed by atoms with van der Waals surface area (Å²) in [7, 11) is 0. The van der Waals surface area contributed by atoms with Crippen molar-refractivity contribution in [2.75, 3.05) is 0 Å². The molecule has 1 aromatic rings. The lowest BCUT2D eigenvalue weighted by Crippen LogP contribution is -1.93. The quantitative estimate of drug-likeness (QED) is 0.526. The number of rotatable bonds is 0. The predicted octanol–water partition coefficient (Wildman–Crippen LogP) is 2.87. The molecule has 1 heterocycles. The molecule has 0 amide bonds. The molecule has 0 nitrogen and oxygen atoms in total. The van der Waals surface area contributed by atoms with Crippen LogP contribution in [0.25, 0.3) is 6.08 Å². The Bertz CT molecular complexity index is 327. The Balaban J connectivity index is 2.24. The molecular formula is C10H8S. The van der Waals surface area contributed by atoms with Crippen molar-refractivity contribution in [3.63, 3.8) is 0 Å². The molecule has 0 saturated carbocycles. The largest absolute Gasteiger partial charge is 0.143 e. The van der Waals surface area contributed by atoms with E-state index in [-0.39, 0.29) is 0 Å². The Morgan fingerprint density at radius 3 is 3.09 bits per heavy atom. The first-order valence-corrected chi connectivity index (χ1v) is 4.82. The first kappa shape index (κ1) is 5.90. The third-order valence-corrected chi connectivity index (χ3v) is 3.56. The Morgan fingerprint density at radius 1 is 1.18 bits per heavy atom. The second-order valence-corrected chi connectivity index (χ2v) is 4.33. The number of fused-ring (bicyclic) bond motifs is 3. The van der Waals surface area contributed by atoms with Gasteiger partial charge in [0.25, 0.3) is 0 Å². The van der Waals surface area contributed by atoms with Gasteiger partial charge in [-0.05, 0) is 11.1 Å². The van der Waals surface area contributed by atoms with Gasteiger partial charge in [0.1, 0.15) is 0 Å². The normalized spacial score (nSPS) is 30.9. The summed E-state index contributed by atoms with van der Waals surface area (Å²) in [6.45, 7) is 0. The third kappa shape index (κ3) is 0.777. The van der Waals surface area contributed by atoms with Gasteiger partial charge in [0.15, 0.2) is 0 Å². The highest BCUT2D eigenvalue weighted by Crippen LogP contribution is 2.58. The van der Waals surface area contributed by atoms with Gasteiger partial charge in [0.2, 0.25) is 0 Å². The highest BCUT2D eigenvalue weighted by atomic mass is 32.2. The maximum atomic E-state index is 2.32. The fraction of sp³-hybridized carbons (Fsp3) is 0.200. The van der Waals surface area contributed by atoms with Gasteiger partial charge in [0, 0.05) is 10.5 Å². The molecule has 11 heavy (non-hydrogen) atoms. The molecule has 2 unspecified atom stereocenters. The Hall–Kier alpha value is -0.690.